The Kier molecular flexibility index (Phi) is 25.6. The number of carbonyl (C=O) groups is 4. The Balaban J connectivity index is 0.000000149. The normalized spacial score (nSPS) is 17.7. The topological polar surface area (TPSA) is 316 Å². The molecule has 6 atom stereocenters. The number of hydrogen-bond acceptors (Lipinski definition) is 21. The number of aromatic hydroxyl groups is 3. The molecule has 0 bridgehead atoms. The first-order chi connectivity index (χ1) is 64.9. The number of phenols is 3. The Labute approximate surface area is 791 Å². The second-order valence-corrected chi connectivity index (χ2v) is 36.4. The van der Waals surface area contributed by atoms with Crippen molar-refractivity contribution < 1.29 is 78.7 Å². The second kappa shape index (κ2) is 36.5. The van der Waals surface area contributed by atoms with Crippen LogP contribution in [-0.2, 0) is 19.2 Å². The molecule has 712 valence electrons. The number of pyridine rings is 3. The molecule has 6 unspecified atom stereocenters. The van der Waals surface area contributed by atoms with E-state index in [1.54, 1.807) is 84.1 Å². The number of carbonyl (C=O) groups excluding carboxylic acids is 4. The molecule has 4 amide bonds. The standard InChI is InChI=1S/C33H30ClF3N6O4.C32H30ClF3N6O3.C32H29ClF3N5O4/c1-7-20(45)41-12-16(5)42-18(13-41)32(46)40(6)30-23-29(24(34)22(26(30)37)21-19(44)9-8-17(35)25(21)36)43(33(47)39-31(23)42)28-15(4)10-11-38-27(28)14(2)3;1-6-20(44)40-13-17-11-38-28-23-30(24(33)22(26(28)36)21-19(43)8-7-18(34)25(21)35)42(29-15(4)9-10-37-27(29)14(2)3)32(45)39-31(23)41(17)12-16(40)5;1-6-20(43)39-12-17-13-45-30-23-29(24(33)22(26(30)36)21-19(42)8-7-18(34)25(21)35)41(28-15(4)9-10-37-27(28)14(2)3)32(44)38-31(23)40(17)11-16(39)5/h7-11,14,16,18,44H,1,12-13H2,2-6H3;6-10,14,16-17,38,43H,1,11-13H2,2-5H3;6-10,14,16-17,42H,1,11-13H2,2-5H3. The van der Waals surface area contributed by atoms with Gasteiger partial charge in [0.1, 0.15) is 47.4 Å². The van der Waals surface area contributed by atoms with E-state index < -0.39 is 183 Å². The van der Waals surface area contributed by atoms with Crippen LogP contribution in [0.3, 0.4) is 0 Å². The number of fused-ring (bicyclic) bond motifs is 6. The molecule has 6 aliphatic rings. The summed E-state index contributed by atoms with van der Waals surface area (Å²) in [7, 11) is 1.29. The van der Waals surface area contributed by atoms with E-state index >= 15 is 26.3 Å². The Morgan fingerprint density at radius 1 is 0.460 bits per heavy atom. The summed E-state index contributed by atoms with van der Waals surface area (Å²) in [5, 5.41) is 33.8. The van der Waals surface area contributed by atoms with Crippen LogP contribution < -0.4 is 46.7 Å². The molecule has 0 radical (unpaired) electrons. The number of nitrogens with one attached hydrogen (secondary N) is 1. The number of hydrogen-bond donors (Lipinski definition) is 4. The van der Waals surface area contributed by atoms with Crippen molar-refractivity contribution in [3.05, 3.63) is 244 Å². The summed E-state index contributed by atoms with van der Waals surface area (Å²) in [6, 6.07) is 6.34. The van der Waals surface area contributed by atoms with Gasteiger partial charge in [-0.15, -0.1) is 0 Å². The van der Waals surface area contributed by atoms with E-state index in [1.165, 1.54) is 33.2 Å². The fraction of sp³-hybridized carbons (Fsp3) is 0.309. The summed E-state index contributed by atoms with van der Waals surface area (Å²) >= 11 is 21.0. The maximum absolute atomic E-state index is 17.1. The minimum atomic E-state index is -1.59. The number of aromatic nitrogens is 9. The van der Waals surface area contributed by atoms with E-state index in [1.807, 2.05) is 60.3 Å². The van der Waals surface area contributed by atoms with Crippen molar-refractivity contribution >= 4 is 120 Å². The Hall–Kier alpha value is -14.1. The van der Waals surface area contributed by atoms with Crippen molar-refractivity contribution in [1.82, 2.24) is 58.3 Å². The number of phenolic OH excluding ortho intramolecular Hbond substituents is 3. The monoisotopic (exact) mass is 1940 g/mol. The van der Waals surface area contributed by atoms with Gasteiger partial charge < -0.3 is 59.7 Å². The molecule has 0 aliphatic carbocycles. The number of aryl methyl sites for hydroxylation is 3. The molecule has 137 heavy (non-hydrogen) atoms. The van der Waals surface area contributed by atoms with Crippen LogP contribution >= 0.6 is 34.8 Å². The van der Waals surface area contributed by atoms with Crippen molar-refractivity contribution in [3.8, 4) is 73.4 Å². The maximum atomic E-state index is 17.1. The van der Waals surface area contributed by atoms with E-state index in [2.05, 4.69) is 55.0 Å². The summed E-state index contributed by atoms with van der Waals surface area (Å²) < 4.78 is 150. The van der Waals surface area contributed by atoms with Crippen molar-refractivity contribution in [2.45, 2.75) is 137 Å². The molecule has 12 heterocycles. The zero-order valence-electron chi connectivity index (χ0n) is 75.9. The van der Waals surface area contributed by atoms with E-state index in [0.717, 1.165) is 39.8 Å². The van der Waals surface area contributed by atoms with Crippen LogP contribution in [0.2, 0.25) is 15.1 Å². The van der Waals surface area contributed by atoms with Crippen LogP contribution in [0.5, 0.6) is 23.0 Å². The summed E-state index contributed by atoms with van der Waals surface area (Å²) in [6.07, 6.45) is 8.30. The number of anilines is 5. The lowest BCUT2D eigenvalue weighted by Crippen LogP contribution is -2.63. The van der Waals surface area contributed by atoms with Crippen molar-refractivity contribution in [2.75, 3.05) is 84.4 Å². The molecule has 0 saturated carbocycles. The van der Waals surface area contributed by atoms with Gasteiger partial charge in [-0.3, -0.25) is 47.8 Å². The molecular formula is C97H89Cl3F9N17O11. The summed E-state index contributed by atoms with van der Waals surface area (Å²) in [5.74, 6) is -17.1. The van der Waals surface area contributed by atoms with Gasteiger partial charge in [-0.2, -0.15) is 15.0 Å². The van der Waals surface area contributed by atoms with E-state index in [9.17, 15) is 62.1 Å². The predicted octanol–water partition coefficient (Wildman–Crippen LogP) is 16.5. The van der Waals surface area contributed by atoms with Gasteiger partial charge in [0.25, 0.3) is 5.91 Å². The molecule has 12 aromatic rings. The largest absolute Gasteiger partial charge is 0.507 e. The van der Waals surface area contributed by atoms with Gasteiger partial charge in [-0.05, 0) is 149 Å². The fourth-order valence-corrected chi connectivity index (χ4v) is 20.3. The lowest BCUT2D eigenvalue weighted by Gasteiger charge is -2.45. The van der Waals surface area contributed by atoms with Crippen LogP contribution in [0.1, 0.15) is 114 Å². The zero-order valence-corrected chi connectivity index (χ0v) is 78.2. The van der Waals surface area contributed by atoms with Gasteiger partial charge >= 0.3 is 17.1 Å². The molecule has 3 saturated heterocycles. The minimum Gasteiger partial charge on any atom is -0.507 e. The number of likely N-dealkylation sites (N-methyl/N-ethyl adjacent to an activating group) is 1. The maximum Gasteiger partial charge on any atom is 0.354 e. The van der Waals surface area contributed by atoms with Crippen molar-refractivity contribution in [2.24, 2.45) is 0 Å². The third-order valence-corrected chi connectivity index (χ3v) is 26.8. The van der Waals surface area contributed by atoms with Crippen LogP contribution in [0.15, 0.2) is 126 Å². The number of rotatable bonds is 12. The SMILES string of the molecule is C=CC(=O)N1CC(C)N2c3nc(=O)n(-c4c(C)ccnc4C(C)C)c4c(Cl)c(-c5c(O)ccc(F)c5F)c(F)c(c34)N(C)C(=O)C2C1.C=CC(=O)N1CC2CNc3c(F)c(-c4c(O)ccc(F)c4F)c(Cl)c4c3c(nc(=O)n4-c3c(C)ccnc3C(C)C)N2CC1C.C=CC(=O)N1CC2COc3c(F)c(-c4c(O)ccc(F)c4F)c(Cl)c4c3c(nc(=O)n4-c3c(C)ccnc3C(C)C)N2CC1C. The van der Waals surface area contributed by atoms with Crippen molar-refractivity contribution in [3.63, 3.8) is 0 Å². The van der Waals surface area contributed by atoms with E-state index in [-0.39, 0.29) is 156 Å². The van der Waals surface area contributed by atoms with Gasteiger partial charge in [0.15, 0.2) is 58.1 Å². The number of halogens is 12. The first-order valence-electron chi connectivity index (χ1n) is 43.5. The number of piperazine rings is 3. The Bertz CT molecular complexity index is 7150. The summed E-state index contributed by atoms with van der Waals surface area (Å²) in [6.45, 7) is 33.3. The summed E-state index contributed by atoms with van der Waals surface area (Å²) in [5.41, 5.74) is -3.57. The molecule has 40 heteroatoms. The Morgan fingerprint density at radius 2 is 0.839 bits per heavy atom. The highest BCUT2D eigenvalue weighted by atomic mass is 35.5. The molecule has 28 nitrogen and oxygen atoms in total. The van der Waals surface area contributed by atoms with Crippen LogP contribution in [0.4, 0.5) is 68.3 Å². The van der Waals surface area contributed by atoms with E-state index in [0.29, 0.717) is 57.3 Å². The first kappa shape index (κ1) is 96.1. The molecule has 6 aliphatic heterocycles. The summed E-state index contributed by atoms with van der Waals surface area (Å²) in [4.78, 5) is 132. The number of ether oxygens (including phenoxy) is 1. The molecule has 18 rings (SSSR count). The molecular weight excluding hydrogens is 1860 g/mol. The van der Waals surface area contributed by atoms with Crippen molar-refractivity contribution in [1.29, 1.82) is 0 Å². The Morgan fingerprint density at radius 3 is 1.26 bits per heavy atom. The van der Waals surface area contributed by atoms with E-state index in [4.69, 9.17) is 39.5 Å². The third kappa shape index (κ3) is 15.6. The van der Waals surface area contributed by atoms with Gasteiger partial charge in [-0.1, -0.05) is 96.1 Å². The third-order valence-electron chi connectivity index (χ3n) is 25.7. The molecule has 0 spiro atoms. The number of nitrogens with zero attached hydrogens (tertiary/aromatic N) is 16. The average Bonchev–Trinajstić information content (AvgIpc) is 1.62. The highest BCUT2D eigenvalue weighted by Crippen LogP contribution is 2.56. The van der Waals surface area contributed by atoms with Crippen LogP contribution in [-0.4, -0.2) is 193 Å². The van der Waals surface area contributed by atoms with Crippen LogP contribution in [0, 0.1) is 73.1 Å². The van der Waals surface area contributed by atoms with Gasteiger partial charge in [0.05, 0.1) is 129 Å². The molecule has 6 aromatic heterocycles. The fourth-order valence-electron chi connectivity index (χ4n) is 19.3. The number of benzene rings is 6. The van der Waals surface area contributed by atoms with Gasteiger partial charge in [0.2, 0.25) is 17.7 Å². The molecule has 6 aromatic carbocycles. The average molecular weight is 1950 g/mol. The van der Waals surface area contributed by atoms with Gasteiger partial charge in [-0.25, -0.2) is 53.9 Å². The molecule has 3 fully saturated rings. The number of amides is 4. The van der Waals surface area contributed by atoms with Crippen LogP contribution in [0.25, 0.3) is 83.2 Å². The lowest BCUT2D eigenvalue weighted by atomic mass is 9.97. The van der Waals surface area contributed by atoms with Gasteiger partial charge in [0, 0.05) is 99.7 Å². The lowest BCUT2D eigenvalue weighted by molar-refractivity contribution is -0.130. The highest BCUT2D eigenvalue weighted by molar-refractivity contribution is 6.41. The zero-order chi connectivity index (χ0) is 99.2. The highest BCUT2D eigenvalue weighted by Gasteiger charge is 2.49. The quantitative estimate of drug-likeness (QED) is 0.0652. The molecule has 4 N–H and O–H groups in total. The second-order valence-electron chi connectivity index (χ2n) is 35.2. The predicted molar refractivity (Wildman–Crippen MR) is 503 cm³/mol. The smallest absolute Gasteiger partial charge is 0.354 e. The minimum absolute atomic E-state index is 0.0216. The first-order valence-corrected chi connectivity index (χ1v) is 44.6.